The van der Waals surface area contributed by atoms with Gasteiger partial charge in [0.1, 0.15) is 16.1 Å². The van der Waals surface area contributed by atoms with Gasteiger partial charge in [-0.1, -0.05) is 25.2 Å². The van der Waals surface area contributed by atoms with Crippen LogP contribution in [0.25, 0.3) is 22.4 Å². The fourth-order valence-corrected chi connectivity index (χ4v) is 3.62. The van der Waals surface area contributed by atoms with Gasteiger partial charge in [-0.2, -0.15) is 0 Å². The first kappa shape index (κ1) is 19.0. The maximum Gasteiger partial charge on any atom is 0.142 e. The lowest BCUT2D eigenvalue weighted by atomic mass is 9.96. The summed E-state index contributed by atoms with van der Waals surface area (Å²) in [5, 5.41) is 16.7. The number of rotatable bonds is 5. The third-order valence-electron chi connectivity index (χ3n) is 4.83. The maximum absolute atomic E-state index is 10.6. The van der Waals surface area contributed by atoms with Crippen LogP contribution >= 0.6 is 12.2 Å². The Morgan fingerprint density at radius 2 is 1.89 bits per heavy atom. The van der Waals surface area contributed by atoms with E-state index < -0.39 is 0 Å². The molecule has 142 valence electrons. The summed E-state index contributed by atoms with van der Waals surface area (Å²) in [7, 11) is 5.60. The summed E-state index contributed by atoms with van der Waals surface area (Å²) in [5.41, 5.74) is 6.56. The van der Waals surface area contributed by atoms with Crippen molar-refractivity contribution in [2.75, 3.05) is 26.1 Å². The Bertz CT molecular complexity index is 1030. The Labute approximate surface area is 164 Å². The monoisotopic (exact) mass is 383 g/mol. The summed E-state index contributed by atoms with van der Waals surface area (Å²) in [6.07, 6.45) is 0.896. The van der Waals surface area contributed by atoms with Gasteiger partial charge in [0.2, 0.25) is 0 Å². The van der Waals surface area contributed by atoms with E-state index in [0.29, 0.717) is 4.64 Å². The van der Waals surface area contributed by atoms with Crippen LogP contribution in [0.4, 0.5) is 5.69 Å². The van der Waals surface area contributed by atoms with Crippen molar-refractivity contribution in [2.24, 2.45) is 0 Å². The Kier molecular flexibility index (Phi) is 5.28. The number of aromatic amines is 2. The predicted molar refractivity (Wildman–Crippen MR) is 114 cm³/mol. The number of aromatic nitrogens is 2. The van der Waals surface area contributed by atoms with Crippen LogP contribution in [0.3, 0.4) is 0 Å². The number of benzene rings is 2. The molecule has 0 aliphatic carbocycles. The largest absolute Gasteiger partial charge is 0.507 e. The van der Waals surface area contributed by atoms with Crippen molar-refractivity contribution in [3.05, 3.63) is 46.1 Å². The lowest BCUT2D eigenvalue weighted by molar-refractivity contribution is 0.415. The lowest BCUT2D eigenvalue weighted by Gasteiger charge is -2.18. The molecule has 0 atom stereocenters. The number of methoxy groups -OCH3 is 1. The topological polar surface area (TPSA) is 64.3 Å². The minimum atomic E-state index is 0.234. The lowest BCUT2D eigenvalue weighted by Crippen LogP contribution is -2.10. The molecule has 3 rings (SSSR count). The highest BCUT2D eigenvalue weighted by molar-refractivity contribution is 7.71. The highest BCUT2D eigenvalue weighted by Gasteiger charge is 2.18. The molecule has 3 aromatic rings. The molecule has 3 N–H and O–H groups in total. The second-order valence-electron chi connectivity index (χ2n) is 6.76. The highest BCUT2D eigenvalue weighted by atomic mass is 32.1. The normalized spacial score (nSPS) is 10.9. The smallest absolute Gasteiger partial charge is 0.142 e. The Morgan fingerprint density at radius 1 is 1.15 bits per heavy atom. The molecule has 0 aliphatic rings. The van der Waals surface area contributed by atoms with Gasteiger partial charge in [0.15, 0.2) is 0 Å². The number of phenolic OH excluding ortho intramolecular Hbond substituents is 1. The predicted octanol–water partition coefficient (Wildman–Crippen LogP) is 5.06. The van der Waals surface area contributed by atoms with Crippen LogP contribution in [0.5, 0.6) is 11.5 Å². The molecule has 1 heterocycles. The van der Waals surface area contributed by atoms with Gasteiger partial charge in [-0.25, -0.2) is 0 Å². The number of ether oxygens (including phenoxy) is 1. The summed E-state index contributed by atoms with van der Waals surface area (Å²) in [4.78, 5) is 2.00. The molecule has 0 unspecified atom stereocenters. The molecular formula is C21H25N3O2S. The van der Waals surface area contributed by atoms with Crippen LogP contribution in [-0.4, -0.2) is 36.5 Å². The Balaban J connectivity index is 2.23. The number of aromatic hydroxyl groups is 1. The number of aryl methyl sites for hydroxylation is 2. The summed E-state index contributed by atoms with van der Waals surface area (Å²) >= 11 is 5.54. The van der Waals surface area contributed by atoms with Gasteiger partial charge in [0.25, 0.3) is 0 Å². The van der Waals surface area contributed by atoms with Gasteiger partial charge in [-0.15, -0.1) is 0 Å². The third-order valence-corrected chi connectivity index (χ3v) is 5.14. The van der Waals surface area contributed by atoms with E-state index in [-0.39, 0.29) is 5.75 Å². The van der Waals surface area contributed by atoms with Gasteiger partial charge in [0.05, 0.1) is 18.5 Å². The van der Waals surface area contributed by atoms with Gasteiger partial charge < -0.3 is 14.7 Å². The van der Waals surface area contributed by atoms with Crippen molar-refractivity contribution >= 4 is 17.9 Å². The first-order chi connectivity index (χ1) is 12.9. The van der Waals surface area contributed by atoms with Crippen molar-refractivity contribution in [2.45, 2.75) is 20.3 Å². The average molecular weight is 384 g/mol. The summed E-state index contributed by atoms with van der Waals surface area (Å²) in [6, 6.07) is 9.79. The molecule has 0 radical (unpaired) electrons. The zero-order valence-electron chi connectivity index (χ0n) is 16.3. The zero-order chi connectivity index (χ0) is 19.7. The molecule has 0 aliphatic heterocycles. The number of phenols is 1. The maximum atomic E-state index is 10.6. The SMILES string of the molecule is CCc1cc(-c2[nH][nH]c(=S)c2-c2ccc(OC)c(N(C)C)c2)c(O)cc1C. The zero-order valence-corrected chi connectivity index (χ0v) is 17.1. The minimum absolute atomic E-state index is 0.234. The fraction of sp³-hybridized carbons (Fsp3) is 0.286. The van der Waals surface area contributed by atoms with Crippen molar-refractivity contribution < 1.29 is 9.84 Å². The number of anilines is 1. The van der Waals surface area contributed by atoms with E-state index in [1.165, 1.54) is 5.56 Å². The summed E-state index contributed by atoms with van der Waals surface area (Å²) < 4.78 is 6.06. The molecular weight excluding hydrogens is 358 g/mol. The standard InChI is InChI=1S/C21H25N3O2S/c1-6-13-10-15(17(25)9-12(13)2)20-19(21(27)23-22-20)14-7-8-18(26-5)16(11-14)24(3)4/h7-11,25H,6H2,1-5H3,(H2,22,23,27). The van der Waals surface area contributed by atoms with Crippen molar-refractivity contribution in [1.29, 1.82) is 0 Å². The molecule has 0 spiro atoms. The van der Waals surface area contributed by atoms with Crippen molar-refractivity contribution in [3.8, 4) is 33.9 Å². The number of H-pyrrole nitrogens is 2. The molecule has 6 heteroatoms. The average Bonchev–Trinajstić information content (AvgIpc) is 3.02. The van der Waals surface area contributed by atoms with E-state index in [2.05, 4.69) is 17.1 Å². The quantitative estimate of drug-likeness (QED) is 0.539. The van der Waals surface area contributed by atoms with E-state index in [4.69, 9.17) is 17.0 Å². The van der Waals surface area contributed by atoms with Gasteiger partial charge >= 0.3 is 0 Å². The van der Waals surface area contributed by atoms with E-state index in [1.807, 2.05) is 50.2 Å². The van der Waals surface area contributed by atoms with Crippen LogP contribution in [0, 0.1) is 11.6 Å². The van der Waals surface area contributed by atoms with Crippen LogP contribution in [0.1, 0.15) is 18.1 Å². The summed E-state index contributed by atoms with van der Waals surface area (Å²) in [5.74, 6) is 1.03. The molecule has 0 fully saturated rings. The first-order valence-corrected chi connectivity index (χ1v) is 9.27. The van der Waals surface area contributed by atoms with Crippen LogP contribution in [0.2, 0.25) is 0 Å². The van der Waals surface area contributed by atoms with Crippen LogP contribution in [-0.2, 0) is 6.42 Å². The number of hydrogen-bond acceptors (Lipinski definition) is 4. The molecule has 0 saturated carbocycles. The molecule has 5 nitrogen and oxygen atoms in total. The van der Waals surface area contributed by atoms with Crippen molar-refractivity contribution in [3.63, 3.8) is 0 Å². The Hall–Kier alpha value is -2.73. The Morgan fingerprint density at radius 3 is 2.52 bits per heavy atom. The van der Waals surface area contributed by atoms with E-state index >= 15 is 0 Å². The first-order valence-electron chi connectivity index (χ1n) is 8.86. The minimum Gasteiger partial charge on any atom is -0.507 e. The number of nitrogens with one attached hydrogen (secondary N) is 2. The van der Waals surface area contributed by atoms with Gasteiger partial charge in [0, 0.05) is 25.2 Å². The highest BCUT2D eigenvalue weighted by Crippen LogP contribution is 2.40. The van der Waals surface area contributed by atoms with E-state index in [9.17, 15) is 5.11 Å². The van der Waals surface area contributed by atoms with Gasteiger partial charge in [-0.05, 0) is 54.3 Å². The molecule has 0 amide bonds. The van der Waals surface area contributed by atoms with Crippen LogP contribution in [0.15, 0.2) is 30.3 Å². The molecule has 1 aromatic heterocycles. The van der Waals surface area contributed by atoms with E-state index in [1.54, 1.807) is 13.2 Å². The fourth-order valence-electron chi connectivity index (χ4n) is 3.35. The van der Waals surface area contributed by atoms with E-state index in [0.717, 1.165) is 45.8 Å². The molecule has 0 saturated heterocycles. The second-order valence-corrected chi connectivity index (χ2v) is 7.17. The molecule has 2 aromatic carbocycles. The molecule has 0 bridgehead atoms. The summed E-state index contributed by atoms with van der Waals surface area (Å²) in [6.45, 7) is 4.12. The van der Waals surface area contributed by atoms with Gasteiger partial charge in [-0.3, -0.25) is 10.2 Å². The second kappa shape index (κ2) is 7.48. The third kappa shape index (κ3) is 3.45. The van der Waals surface area contributed by atoms with Crippen molar-refractivity contribution in [1.82, 2.24) is 10.2 Å². The number of nitrogens with zero attached hydrogens (tertiary/aromatic N) is 1. The molecule has 27 heavy (non-hydrogen) atoms. The van der Waals surface area contributed by atoms with Crippen LogP contribution < -0.4 is 9.64 Å². The number of hydrogen-bond donors (Lipinski definition) is 3.